The molecule has 0 aliphatic heterocycles. The number of aliphatic imine (C=N–C) groups is 1. The molecule has 94 valence electrons. The van der Waals surface area contributed by atoms with Crippen molar-refractivity contribution < 1.29 is 4.39 Å². The van der Waals surface area contributed by atoms with Crippen LogP contribution in [-0.2, 0) is 6.54 Å². The Morgan fingerprint density at radius 2 is 1.76 bits per heavy atom. The average Bonchev–Trinajstić information content (AvgIpc) is 2.14. The maximum absolute atomic E-state index is 13.2. The molecule has 0 bridgehead atoms. The summed E-state index contributed by atoms with van der Waals surface area (Å²) in [5.41, 5.74) is 0.845. The zero-order chi connectivity index (χ0) is 13.0. The second kappa shape index (κ2) is 6.00. The van der Waals surface area contributed by atoms with Crippen molar-refractivity contribution in [2.75, 3.05) is 28.2 Å². The molecule has 0 spiro atoms. The van der Waals surface area contributed by atoms with E-state index >= 15 is 0 Å². The second-order valence-corrected chi connectivity index (χ2v) is 5.10. The van der Waals surface area contributed by atoms with E-state index < -0.39 is 0 Å². The minimum Gasteiger partial charge on any atom is -0.349 e. The van der Waals surface area contributed by atoms with Gasteiger partial charge in [-0.05, 0) is 23.8 Å². The standard InChI is InChI=1S/C12H17BrFN3/c1-16(2)12(17(3)4)15-8-9-5-10(13)7-11(14)6-9/h5-7H,8H2,1-4H3. The summed E-state index contributed by atoms with van der Waals surface area (Å²) in [6, 6.07) is 4.80. The number of hydrogen-bond donors (Lipinski definition) is 0. The van der Waals surface area contributed by atoms with Crippen LogP contribution in [-0.4, -0.2) is 44.0 Å². The number of guanidine groups is 1. The summed E-state index contributed by atoms with van der Waals surface area (Å²) in [4.78, 5) is 8.31. The Morgan fingerprint density at radius 3 is 2.24 bits per heavy atom. The van der Waals surface area contributed by atoms with Crippen LogP contribution in [0.1, 0.15) is 5.56 Å². The molecule has 0 radical (unpaired) electrons. The molecule has 17 heavy (non-hydrogen) atoms. The number of halogens is 2. The molecule has 0 amide bonds. The molecule has 0 atom stereocenters. The molecule has 1 aromatic rings. The highest BCUT2D eigenvalue weighted by molar-refractivity contribution is 9.10. The molecule has 0 heterocycles. The summed E-state index contributed by atoms with van der Waals surface area (Å²) in [6.07, 6.45) is 0. The first kappa shape index (κ1) is 14.0. The van der Waals surface area contributed by atoms with Gasteiger partial charge in [-0.1, -0.05) is 15.9 Å². The summed E-state index contributed by atoms with van der Waals surface area (Å²) < 4.78 is 13.9. The highest BCUT2D eigenvalue weighted by Crippen LogP contribution is 2.15. The maximum atomic E-state index is 13.2. The Morgan fingerprint density at radius 1 is 1.18 bits per heavy atom. The highest BCUT2D eigenvalue weighted by atomic mass is 79.9. The van der Waals surface area contributed by atoms with E-state index in [1.165, 1.54) is 12.1 Å². The van der Waals surface area contributed by atoms with Crippen LogP contribution in [0.15, 0.2) is 27.7 Å². The van der Waals surface area contributed by atoms with Crippen molar-refractivity contribution in [2.45, 2.75) is 6.54 Å². The zero-order valence-corrected chi connectivity index (χ0v) is 12.1. The molecule has 1 aromatic carbocycles. The molecule has 0 aliphatic rings. The summed E-state index contributed by atoms with van der Waals surface area (Å²) in [5.74, 6) is 0.603. The van der Waals surface area contributed by atoms with Crippen LogP contribution < -0.4 is 0 Å². The molecule has 0 aliphatic carbocycles. The van der Waals surface area contributed by atoms with Crippen molar-refractivity contribution in [3.63, 3.8) is 0 Å². The van der Waals surface area contributed by atoms with E-state index in [4.69, 9.17) is 0 Å². The third-order valence-corrected chi connectivity index (χ3v) is 2.58. The predicted octanol–water partition coefficient (Wildman–Crippen LogP) is 2.57. The summed E-state index contributed by atoms with van der Waals surface area (Å²) in [5, 5.41) is 0. The van der Waals surface area contributed by atoms with Gasteiger partial charge in [0.05, 0.1) is 6.54 Å². The van der Waals surface area contributed by atoms with Gasteiger partial charge in [-0.15, -0.1) is 0 Å². The lowest BCUT2D eigenvalue weighted by molar-refractivity contribution is 0.479. The van der Waals surface area contributed by atoms with E-state index in [0.29, 0.717) is 6.54 Å². The third kappa shape index (κ3) is 4.34. The van der Waals surface area contributed by atoms with E-state index in [2.05, 4.69) is 20.9 Å². The molecule has 0 unspecified atom stereocenters. The molecule has 0 saturated heterocycles. The molecule has 3 nitrogen and oxygen atoms in total. The molecular weight excluding hydrogens is 285 g/mol. The lowest BCUT2D eigenvalue weighted by atomic mass is 10.2. The van der Waals surface area contributed by atoms with Gasteiger partial charge in [-0.2, -0.15) is 0 Å². The molecule has 1 rings (SSSR count). The van der Waals surface area contributed by atoms with Crippen LogP contribution in [0.4, 0.5) is 4.39 Å². The topological polar surface area (TPSA) is 18.8 Å². The first-order valence-corrected chi connectivity index (χ1v) is 6.03. The molecule has 5 heteroatoms. The highest BCUT2D eigenvalue weighted by Gasteiger charge is 2.04. The first-order valence-electron chi connectivity index (χ1n) is 5.24. The zero-order valence-electron chi connectivity index (χ0n) is 10.5. The molecule has 0 saturated carbocycles. The fraction of sp³-hybridized carbons (Fsp3) is 0.417. The van der Waals surface area contributed by atoms with Crippen LogP contribution in [0.25, 0.3) is 0 Å². The molecular formula is C12H17BrFN3. The quantitative estimate of drug-likeness (QED) is 0.618. The molecule has 0 fully saturated rings. The maximum Gasteiger partial charge on any atom is 0.195 e. The van der Waals surface area contributed by atoms with Gasteiger partial charge in [0.2, 0.25) is 0 Å². The number of hydrogen-bond acceptors (Lipinski definition) is 1. The van der Waals surface area contributed by atoms with Crippen LogP contribution in [0.5, 0.6) is 0 Å². The number of rotatable bonds is 2. The van der Waals surface area contributed by atoms with E-state index in [-0.39, 0.29) is 5.82 Å². The Hall–Kier alpha value is -1.10. The fourth-order valence-corrected chi connectivity index (χ4v) is 2.06. The van der Waals surface area contributed by atoms with Crippen LogP contribution in [0.3, 0.4) is 0 Å². The van der Waals surface area contributed by atoms with Gasteiger partial charge in [-0.25, -0.2) is 9.38 Å². The summed E-state index contributed by atoms with van der Waals surface area (Å²) in [7, 11) is 7.72. The van der Waals surface area contributed by atoms with Gasteiger partial charge >= 0.3 is 0 Å². The minimum absolute atomic E-state index is 0.249. The third-order valence-electron chi connectivity index (χ3n) is 2.13. The van der Waals surface area contributed by atoms with Crippen molar-refractivity contribution in [1.82, 2.24) is 9.80 Å². The Labute approximate surface area is 110 Å². The second-order valence-electron chi connectivity index (χ2n) is 4.18. The van der Waals surface area contributed by atoms with Gasteiger partial charge in [-0.3, -0.25) is 0 Å². The van der Waals surface area contributed by atoms with Crippen LogP contribution in [0.2, 0.25) is 0 Å². The molecule has 0 N–H and O–H groups in total. The predicted molar refractivity (Wildman–Crippen MR) is 72.6 cm³/mol. The van der Waals surface area contributed by atoms with Crippen molar-refractivity contribution in [3.8, 4) is 0 Å². The lowest BCUT2D eigenvalue weighted by Crippen LogP contribution is -2.35. The van der Waals surface area contributed by atoms with E-state index in [1.54, 1.807) is 0 Å². The molecule has 0 aromatic heterocycles. The fourth-order valence-electron chi connectivity index (χ4n) is 1.55. The Balaban J connectivity index is 2.87. The van der Waals surface area contributed by atoms with E-state index in [9.17, 15) is 4.39 Å². The van der Waals surface area contributed by atoms with Crippen molar-refractivity contribution in [3.05, 3.63) is 34.1 Å². The van der Waals surface area contributed by atoms with Gasteiger partial charge in [0, 0.05) is 32.7 Å². The van der Waals surface area contributed by atoms with Crippen LogP contribution in [0, 0.1) is 5.82 Å². The monoisotopic (exact) mass is 301 g/mol. The van der Waals surface area contributed by atoms with E-state index in [0.717, 1.165) is 16.0 Å². The summed E-state index contributed by atoms with van der Waals surface area (Å²) >= 11 is 3.27. The number of benzene rings is 1. The SMILES string of the molecule is CN(C)C(=NCc1cc(F)cc(Br)c1)N(C)C. The largest absolute Gasteiger partial charge is 0.349 e. The number of nitrogens with zero attached hydrogens (tertiary/aromatic N) is 3. The van der Waals surface area contributed by atoms with Crippen molar-refractivity contribution in [1.29, 1.82) is 0 Å². The smallest absolute Gasteiger partial charge is 0.195 e. The van der Waals surface area contributed by atoms with Crippen LogP contribution >= 0.6 is 15.9 Å². The summed E-state index contributed by atoms with van der Waals surface area (Å²) in [6.45, 7) is 0.460. The normalized spacial score (nSPS) is 10.0. The Bertz CT molecular complexity index is 386. The van der Waals surface area contributed by atoms with Crippen molar-refractivity contribution in [2.24, 2.45) is 4.99 Å². The van der Waals surface area contributed by atoms with Gasteiger partial charge < -0.3 is 9.80 Å². The van der Waals surface area contributed by atoms with Crippen molar-refractivity contribution >= 4 is 21.9 Å². The first-order chi connectivity index (χ1) is 7.90. The van der Waals surface area contributed by atoms with E-state index in [1.807, 2.05) is 44.1 Å². The van der Waals surface area contributed by atoms with Gasteiger partial charge in [0.1, 0.15) is 5.82 Å². The van der Waals surface area contributed by atoms with Gasteiger partial charge in [0.25, 0.3) is 0 Å². The minimum atomic E-state index is -0.249. The average molecular weight is 302 g/mol. The van der Waals surface area contributed by atoms with Gasteiger partial charge in [0.15, 0.2) is 5.96 Å². The Kier molecular flexibility index (Phi) is 4.93. The lowest BCUT2D eigenvalue weighted by Gasteiger charge is -2.22.